The number of ether oxygens (including phenoxy) is 1. The van der Waals surface area contributed by atoms with Crippen LogP contribution in [0.1, 0.15) is 50.8 Å². The minimum absolute atomic E-state index is 0.0339. The molecule has 1 unspecified atom stereocenters. The van der Waals surface area contributed by atoms with Gasteiger partial charge in [0.25, 0.3) is 0 Å². The van der Waals surface area contributed by atoms with Gasteiger partial charge in [-0.25, -0.2) is 4.79 Å². The average Bonchev–Trinajstić information content (AvgIpc) is 3.59. The van der Waals surface area contributed by atoms with E-state index in [1.807, 2.05) is 64.4 Å². The summed E-state index contributed by atoms with van der Waals surface area (Å²) in [5.41, 5.74) is 4.75. The maximum Gasteiger partial charge on any atom is 0.407 e. The lowest BCUT2D eigenvalue weighted by molar-refractivity contribution is -0.117. The Balaban J connectivity index is 1.48. The van der Waals surface area contributed by atoms with Crippen LogP contribution in [0.2, 0.25) is 0 Å². The molecular weight excluding hydrogens is 440 g/mol. The molecule has 1 fully saturated rings. The Labute approximate surface area is 206 Å². The van der Waals surface area contributed by atoms with Gasteiger partial charge in [0.2, 0.25) is 5.91 Å². The Morgan fingerprint density at radius 1 is 1.11 bits per heavy atom. The molecule has 7 nitrogen and oxygen atoms in total. The molecule has 7 heteroatoms. The fraction of sp³-hybridized carbons (Fsp3) is 0.393. The summed E-state index contributed by atoms with van der Waals surface area (Å²) in [4.78, 5) is 27.7. The van der Waals surface area contributed by atoms with E-state index in [1.54, 1.807) is 6.92 Å². The van der Waals surface area contributed by atoms with Crippen LogP contribution >= 0.6 is 0 Å². The summed E-state index contributed by atoms with van der Waals surface area (Å²) in [6.45, 7) is 6.82. The van der Waals surface area contributed by atoms with Gasteiger partial charge in [0.05, 0.1) is 12.2 Å². The molecule has 35 heavy (non-hydrogen) atoms. The number of hydrogen-bond acceptors (Lipinski definition) is 4. The van der Waals surface area contributed by atoms with E-state index in [2.05, 4.69) is 30.3 Å². The van der Waals surface area contributed by atoms with Gasteiger partial charge in [0, 0.05) is 42.9 Å². The molecule has 0 bridgehead atoms. The zero-order chi connectivity index (χ0) is 24.5. The van der Waals surface area contributed by atoms with Crippen molar-refractivity contribution < 1.29 is 14.3 Å². The number of carbonyl (C=O) groups excluding carboxylic acids is 2. The van der Waals surface area contributed by atoms with Crippen molar-refractivity contribution in [3.8, 4) is 11.1 Å². The van der Waals surface area contributed by atoms with E-state index in [9.17, 15) is 9.59 Å². The van der Waals surface area contributed by atoms with Crippen LogP contribution in [0.3, 0.4) is 0 Å². The van der Waals surface area contributed by atoms with E-state index >= 15 is 0 Å². The van der Waals surface area contributed by atoms with Gasteiger partial charge in [0.1, 0.15) is 6.61 Å². The van der Waals surface area contributed by atoms with Gasteiger partial charge in [-0.2, -0.15) is 5.10 Å². The van der Waals surface area contributed by atoms with Crippen LogP contribution in [-0.2, 0) is 22.7 Å². The minimum atomic E-state index is -0.452. The Morgan fingerprint density at radius 3 is 2.54 bits per heavy atom. The van der Waals surface area contributed by atoms with E-state index in [0.717, 1.165) is 47.3 Å². The van der Waals surface area contributed by atoms with Gasteiger partial charge >= 0.3 is 6.09 Å². The second-order valence-corrected chi connectivity index (χ2v) is 9.62. The number of aryl methyl sites for hydroxylation is 1. The van der Waals surface area contributed by atoms with Gasteiger partial charge in [-0.3, -0.25) is 9.48 Å². The van der Waals surface area contributed by atoms with E-state index in [1.165, 1.54) is 0 Å². The third-order valence-electron chi connectivity index (χ3n) is 7.21. The van der Waals surface area contributed by atoms with Crippen molar-refractivity contribution in [1.82, 2.24) is 15.1 Å². The summed E-state index contributed by atoms with van der Waals surface area (Å²) in [6, 6.07) is 15.6. The van der Waals surface area contributed by atoms with Gasteiger partial charge < -0.3 is 15.0 Å². The normalized spacial score (nSPS) is 21.3. The van der Waals surface area contributed by atoms with Crippen LogP contribution in [-0.4, -0.2) is 27.8 Å². The zero-order valence-electron chi connectivity index (χ0n) is 20.5. The van der Waals surface area contributed by atoms with Crippen molar-refractivity contribution in [2.24, 2.45) is 11.8 Å². The van der Waals surface area contributed by atoms with Crippen molar-refractivity contribution in [3.63, 3.8) is 0 Å². The van der Waals surface area contributed by atoms with Crippen LogP contribution in [0, 0.1) is 11.8 Å². The topological polar surface area (TPSA) is 76.5 Å². The van der Waals surface area contributed by atoms with Gasteiger partial charge in [-0.05, 0) is 54.5 Å². The molecule has 3 aromatic rings. The number of alkyl carbamates (subject to hydrolysis) is 1. The predicted octanol–water partition coefficient (Wildman–Crippen LogP) is 5.32. The van der Waals surface area contributed by atoms with E-state index < -0.39 is 6.09 Å². The third-order valence-corrected chi connectivity index (χ3v) is 7.21. The Kier molecular flexibility index (Phi) is 6.32. The van der Waals surface area contributed by atoms with E-state index in [0.29, 0.717) is 5.92 Å². The number of fused-ring (bicyclic) bond motifs is 1. The first-order chi connectivity index (χ1) is 17.0. The molecule has 2 aliphatic rings. The largest absolute Gasteiger partial charge is 0.445 e. The second kappa shape index (κ2) is 9.56. The summed E-state index contributed by atoms with van der Waals surface area (Å²) in [6.07, 6.45) is 5.62. The van der Waals surface area contributed by atoms with Crippen molar-refractivity contribution in [2.45, 2.75) is 58.8 Å². The first-order valence-electron chi connectivity index (χ1n) is 12.4. The number of benzene rings is 2. The molecule has 2 amide bonds. The highest BCUT2D eigenvalue weighted by Gasteiger charge is 2.48. The quantitative estimate of drug-likeness (QED) is 0.527. The van der Waals surface area contributed by atoms with Crippen LogP contribution in [0.15, 0.2) is 60.9 Å². The fourth-order valence-electron chi connectivity index (χ4n) is 5.32. The molecule has 0 radical (unpaired) electrons. The molecule has 3 atom stereocenters. The summed E-state index contributed by atoms with van der Waals surface area (Å²) in [5.74, 6) is 0.526. The highest BCUT2D eigenvalue weighted by atomic mass is 16.5. The first kappa shape index (κ1) is 23.1. The molecule has 2 heterocycles. The Bertz CT molecular complexity index is 1220. The molecule has 1 aliphatic heterocycles. The zero-order valence-corrected chi connectivity index (χ0v) is 20.5. The molecule has 2 aromatic carbocycles. The lowest BCUT2D eigenvalue weighted by Gasteiger charge is -2.45. The summed E-state index contributed by atoms with van der Waals surface area (Å²) in [5, 5.41) is 7.55. The monoisotopic (exact) mass is 472 g/mol. The third kappa shape index (κ3) is 4.67. The maximum atomic E-state index is 12.9. The van der Waals surface area contributed by atoms with Crippen LogP contribution in [0.4, 0.5) is 10.5 Å². The molecule has 1 saturated carbocycles. The maximum absolute atomic E-state index is 12.9. The smallest absolute Gasteiger partial charge is 0.407 e. The summed E-state index contributed by atoms with van der Waals surface area (Å²) >= 11 is 0. The number of nitrogens with zero attached hydrogens (tertiary/aromatic N) is 3. The van der Waals surface area contributed by atoms with Crippen molar-refractivity contribution in [3.05, 3.63) is 72.1 Å². The van der Waals surface area contributed by atoms with E-state index in [4.69, 9.17) is 4.74 Å². The molecule has 1 aliphatic carbocycles. The molecule has 0 saturated heterocycles. The lowest BCUT2D eigenvalue weighted by Crippen LogP contribution is -2.53. The number of anilines is 1. The second-order valence-electron chi connectivity index (χ2n) is 9.62. The van der Waals surface area contributed by atoms with Crippen molar-refractivity contribution in [2.75, 3.05) is 4.90 Å². The molecule has 5 rings (SSSR count). The Hall–Kier alpha value is -3.61. The predicted molar refractivity (Wildman–Crippen MR) is 135 cm³/mol. The average molecular weight is 473 g/mol. The molecular formula is C28H32N4O3. The number of rotatable bonds is 6. The minimum Gasteiger partial charge on any atom is -0.445 e. The number of hydrogen-bond donors (Lipinski definition) is 1. The van der Waals surface area contributed by atoms with Crippen LogP contribution in [0.5, 0.6) is 0 Å². The number of aromatic nitrogens is 2. The lowest BCUT2D eigenvalue weighted by atomic mass is 9.79. The van der Waals surface area contributed by atoms with Gasteiger partial charge in [-0.15, -0.1) is 0 Å². The van der Waals surface area contributed by atoms with E-state index in [-0.39, 0.29) is 30.5 Å². The summed E-state index contributed by atoms with van der Waals surface area (Å²) < 4.78 is 7.46. The summed E-state index contributed by atoms with van der Waals surface area (Å²) in [7, 11) is 0. The highest BCUT2D eigenvalue weighted by molar-refractivity contribution is 5.94. The standard InChI is InChI=1S/C28H32N4O3/c1-4-31-16-23(15-29-31)22-12-13-25-24(14-22)26(18(2)27(21-10-11-21)32(25)19(3)33)30-28(34)35-17-20-8-6-5-7-9-20/h5-9,12-16,18,21,26-27H,4,10-11,17H2,1-3H3,(H,30,34)/t18-,26?,27-/m1/s1. The van der Waals surface area contributed by atoms with Crippen LogP contribution < -0.4 is 10.2 Å². The Morgan fingerprint density at radius 2 is 1.89 bits per heavy atom. The molecule has 1 aromatic heterocycles. The fourth-order valence-corrected chi connectivity index (χ4v) is 5.32. The SMILES string of the molecule is CCn1cc(-c2ccc3c(c2)C(NC(=O)OCc2ccccc2)[C@@H](C)[C@H](C2CC2)N3C(C)=O)cn1. The number of carbonyl (C=O) groups is 2. The molecule has 182 valence electrons. The highest BCUT2D eigenvalue weighted by Crippen LogP contribution is 2.49. The molecule has 0 spiro atoms. The molecule has 1 N–H and O–H groups in total. The van der Waals surface area contributed by atoms with Crippen LogP contribution in [0.25, 0.3) is 11.1 Å². The van der Waals surface area contributed by atoms with Gasteiger partial charge in [0.15, 0.2) is 0 Å². The van der Waals surface area contributed by atoms with Crippen molar-refractivity contribution >= 4 is 17.7 Å². The van der Waals surface area contributed by atoms with Gasteiger partial charge in [-0.1, -0.05) is 43.3 Å². The van der Waals surface area contributed by atoms with Crippen molar-refractivity contribution in [1.29, 1.82) is 0 Å². The number of nitrogens with one attached hydrogen (secondary N) is 1. The first-order valence-corrected chi connectivity index (χ1v) is 12.4. The number of amides is 2.